The number of hydrogen-bond acceptors (Lipinski definition) is 5. The summed E-state index contributed by atoms with van der Waals surface area (Å²) in [4.78, 5) is 0. The second kappa shape index (κ2) is 16.3. The minimum atomic E-state index is 0.0708. The van der Waals surface area contributed by atoms with Crippen LogP contribution in [0.1, 0.15) is 117 Å². The zero-order chi connectivity index (χ0) is 26.3. The number of rotatable bonds is 20. The van der Waals surface area contributed by atoms with Crippen molar-refractivity contribution >= 4 is 21.9 Å². The highest BCUT2D eigenvalue weighted by Gasteiger charge is 2.15. The van der Waals surface area contributed by atoms with Gasteiger partial charge in [0.25, 0.3) is 0 Å². The number of ether oxygens (including phenoxy) is 2. The van der Waals surface area contributed by atoms with E-state index in [9.17, 15) is 10.2 Å². The van der Waals surface area contributed by atoms with Crippen molar-refractivity contribution in [2.45, 2.75) is 117 Å². The summed E-state index contributed by atoms with van der Waals surface area (Å²) in [6.07, 6.45) is 19.8. The number of unbranched alkanes of at least 4 members (excludes halogenated alkanes) is 14. The van der Waals surface area contributed by atoms with Crippen molar-refractivity contribution in [3.8, 4) is 23.0 Å². The van der Waals surface area contributed by atoms with Crippen LogP contribution in [0.15, 0.2) is 28.7 Å². The molecule has 0 aliphatic heterocycles. The normalized spacial score (nSPS) is 11.5. The van der Waals surface area contributed by atoms with Crippen LogP contribution in [0.5, 0.6) is 23.0 Å². The Bertz CT molecular complexity index is 972. The fourth-order valence-corrected chi connectivity index (χ4v) is 4.87. The van der Waals surface area contributed by atoms with Gasteiger partial charge in [-0.2, -0.15) is 0 Å². The van der Waals surface area contributed by atoms with Gasteiger partial charge in [-0.25, -0.2) is 0 Å². The van der Waals surface area contributed by atoms with Crippen LogP contribution in [0.3, 0.4) is 0 Å². The second-order valence-electron chi connectivity index (χ2n) is 10.4. The number of fused-ring (bicyclic) bond motifs is 3. The number of furan rings is 1. The molecule has 0 amide bonds. The molecule has 206 valence electrons. The van der Waals surface area contributed by atoms with Crippen molar-refractivity contribution in [1.29, 1.82) is 0 Å². The minimum absolute atomic E-state index is 0.0708. The average Bonchev–Trinajstić information content (AvgIpc) is 3.22. The number of hydrogen-bond donors (Lipinski definition) is 2. The van der Waals surface area contributed by atoms with Crippen LogP contribution < -0.4 is 9.47 Å². The molecule has 3 rings (SSSR count). The Morgan fingerprint density at radius 3 is 1.24 bits per heavy atom. The summed E-state index contributed by atoms with van der Waals surface area (Å²) >= 11 is 0. The zero-order valence-electron chi connectivity index (χ0n) is 23.2. The molecule has 2 N–H and O–H groups in total. The molecule has 0 fully saturated rings. The van der Waals surface area contributed by atoms with Crippen molar-refractivity contribution in [3.63, 3.8) is 0 Å². The van der Waals surface area contributed by atoms with E-state index in [-0.39, 0.29) is 11.5 Å². The van der Waals surface area contributed by atoms with Gasteiger partial charge < -0.3 is 24.1 Å². The number of phenolic OH excluding ortho intramolecular Hbond substituents is 2. The van der Waals surface area contributed by atoms with Gasteiger partial charge in [0.1, 0.15) is 11.2 Å². The number of aromatic hydroxyl groups is 2. The van der Waals surface area contributed by atoms with E-state index in [1.165, 1.54) is 77.0 Å². The largest absolute Gasteiger partial charge is 0.504 e. The van der Waals surface area contributed by atoms with E-state index < -0.39 is 0 Å². The molecule has 5 nitrogen and oxygen atoms in total. The highest BCUT2D eigenvalue weighted by atomic mass is 16.5. The molecule has 1 heterocycles. The fourth-order valence-electron chi connectivity index (χ4n) is 4.87. The van der Waals surface area contributed by atoms with Crippen LogP contribution in [0.2, 0.25) is 0 Å². The lowest BCUT2D eigenvalue weighted by Gasteiger charge is -2.09. The first-order chi connectivity index (χ1) is 18.1. The first-order valence-corrected chi connectivity index (χ1v) is 14.8. The summed E-state index contributed by atoms with van der Waals surface area (Å²) in [6.45, 7) is 5.65. The van der Waals surface area contributed by atoms with E-state index in [1.807, 2.05) is 12.1 Å². The van der Waals surface area contributed by atoms with Gasteiger partial charge in [0, 0.05) is 22.9 Å². The van der Waals surface area contributed by atoms with Crippen molar-refractivity contribution in [3.05, 3.63) is 24.3 Å². The lowest BCUT2D eigenvalue weighted by atomic mass is 10.1. The SMILES string of the molecule is CCCCCCCCCCOc1cc2c(cc1O)oc1cc(O)c(OCCCCCCCCCC)cc12. The Morgan fingerprint density at radius 2 is 0.865 bits per heavy atom. The van der Waals surface area contributed by atoms with Crippen molar-refractivity contribution < 1.29 is 24.1 Å². The maximum atomic E-state index is 10.5. The van der Waals surface area contributed by atoms with Gasteiger partial charge >= 0.3 is 0 Å². The molecular weight excluding hydrogens is 464 g/mol. The molecule has 0 saturated carbocycles. The van der Waals surface area contributed by atoms with Gasteiger partial charge in [0.05, 0.1) is 13.2 Å². The molecule has 3 aromatic rings. The van der Waals surface area contributed by atoms with E-state index in [0.29, 0.717) is 35.9 Å². The van der Waals surface area contributed by atoms with Crippen LogP contribution >= 0.6 is 0 Å². The Kier molecular flexibility index (Phi) is 12.8. The summed E-state index contributed by atoms with van der Waals surface area (Å²) in [7, 11) is 0. The quantitative estimate of drug-likeness (QED) is 0.147. The molecule has 0 aliphatic rings. The summed E-state index contributed by atoms with van der Waals surface area (Å²) in [5.41, 5.74) is 1.12. The van der Waals surface area contributed by atoms with Gasteiger partial charge in [0.2, 0.25) is 0 Å². The molecule has 0 spiro atoms. The predicted molar refractivity (Wildman–Crippen MR) is 153 cm³/mol. The fraction of sp³-hybridized carbons (Fsp3) is 0.625. The van der Waals surface area contributed by atoms with Crippen LogP contribution in [0.25, 0.3) is 21.9 Å². The molecule has 0 atom stereocenters. The Labute approximate surface area is 223 Å². The van der Waals surface area contributed by atoms with Crippen molar-refractivity contribution in [2.75, 3.05) is 13.2 Å². The summed E-state index contributed by atoms with van der Waals surface area (Å²) in [5, 5.41) is 22.6. The third-order valence-electron chi connectivity index (χ3n) is 7.14. The van der Waals surface area contributed by atoms with Gasteiger partial charge in [0.15, 0.2) is 23.0 Å². The molecule has 0 unspecified atom stereocenters. The second-order valence-corrected chi connectivity index (χ2v) is 10.4. The average molecular weight is 513 g/mol. The number of benzene rings is 2. The molecule has 5 heteroatoms. The molecule has 0 saturated heterocycles. The monoisotopic (exact) mass is 512 g/mol. The summed E-state index contributed by atoms with van der Waals surface area (Å²) in [5.74, 6) is 1.07. The van der Waals surface area contributed by atoms with Crippen LogP contribution in [0, 0.1) is 0 Å². The zero-order valence-corrected chi connectivity index (χ0v) is 23.2. The third kappa shape index (κ3) is 9.36. The third-order valence-corrected chi connectivity index (χ3v) is 7.14. The van der Waals surface area contributed by atoms with E-state index in [0.717, 1.165) is 36.5 Å². The maximum Gasteiger partial charge on any atom is 0.161 e. The van der Waals surface area contributed by atoms with E-state index in [1.54, 1.807) is 12.1 Å². The summed E-state index contributed by atoms with van der Waals surface area (Å²) < 4.78 is 17.7. The molecular formula is C32H48O5. The molecule has 2 aromatic carbocycles. The first kappa shape index (κ1) is 29.0. The van der Waals surface area contributed by atoms with Gasteiger partial charge in [-0.15, -0.1) is 0 Å². The van der Waals surface area contributed by atoms with Crippen LogP contribution in [0.4, 0.5) is 0 Å². The van der Waals surface area contributed by atoms with Gasteiger partial charge in [-0.3, -0.25) is 0 Å². The van der Waals surface area contributed by atoms with E-state index >= 15 is 0 Å². The highest BCUT2D eigenvalue weighted by molar-refractivity contribution is 6.07. The van der Waals surface area contributed by atoms with Crippen LogP contribution in [-0.4, -0.2) is 23.4 Å². The molecule has 0 bridgehead atoms. The van der Waals surface area contributed by atoms with Crippen LogP contribution in [-0.2, 0) is 0 Å². The molecule has 1 aromatic heterocycles. The Morgan fingerprint density at radius 1 is 0.514 bits per heavy atom. The maximum absolute atomic E-state index is 10.5. The highest BCUT2D eigenvalue weighted by Crippen LogP contribution is 2.41. The molecule has 0 aliphatic carbocycles. The molecule has 0 radical (unpaired) electrons. The van der Waals surface area contributed by atoms with E-state index in [4.69, 9.17) is 13.9 Å². The predicted octanol–water partition coefficient (Wildman–Crippen LogP) is 10.0. The Balaban J connectivity index is 1.51. The lowest BCUT2D eigenvalue weighted by Crippen LogP contribution is -1.98. The molecule has 37 heavy (non-hydrogen) atoms. The van der Waals surface area contributed by atoms with Gasteiger partial charge in [-0.1, -0.05) is 104 Å². The summed E-state index contributed by atoms with van der Waals surface area (Å²) in [6, 6.07) is 6.86. The standard InChI is InChI=1S/C32H48O5/c1-3-5-7-9-11-13-15-17-19-35-31-21-25-26-22-32(36-20-18-16-14-12-10-8-6-4-2)28(34)24-30(26)37-29(25)23-27(31)33/h21-24,33-34H,3-20H2,1-2H3. The number of phenols is 2. The lowest BCUT2D eigenvalue weighted by molar-refractivity contribution is 0.289. The van der Waals surface area contributed by atoms with Crippen molar-refractivity contribution in [1.82, 2.24) is 0 Å². The Hall–Kier alpha value is -2.56. The van der Waals surface area contributed by atoms with E-state index in [2.05, 4.69) is 13.8 Å². The van der Waals surface area contributed by atoms with Crippen molar-refractivity contribution in [2.24, 2.45) is 0 Å². The first-order valence-electron chi connectivity index (χ1n) is 14.8. The minimum Gasteiger partial charge on any atom is -0.504 e. The van der Waals surface area contributed by atoms with Gasteiger partial charge in [-0.05, 0) is 25.0 Å². The smallest absolute Gasteiger partial charge is 0.161 e. The topological polar surface area (TPSA) is 72.1 Å².